The predicted octanol–water partition coefficient (Wildman–Crippen LogP) is 5.41. The second kappa shape index (κ2) is 6.43. The molecule has 0 fully saturated rings. The third-order valence-electron chi connectivity index (χ3n) is 4.02. The van der Waals surface area contributed by atoms with Crippen molar-refractivity contribution in [2.24, 2.45) is 0 Å². The monoisotopic (exact) mass is 297 g/mol. The Morgan fingerprint density at radius 1 is 1.00 bits per heavy atom. The van der Waals surface area contributed by atoms with Gasteiger partial charge in [0.2, 0.25) is 0 Å². The molecule has 0 bridgehead atoms. The lowest BCUT2D eigenvalue weighted by Gasteiger charge is -2.31. The fourth-order valence-corrected chi connectivity index (χ4v) is 3.03. The summed E-state index contributed by atoms with van der Waals surface area (Å²) in [5.74, 6) is 0.414. The number of rotatable bonds is 4. The van der Waals surface area contributed by atoms with Crippen molar-refractivity contribution in [1.82, 2.24) is 0 Å². The van der Waals surface area contributed by atoms with E-state index in [-0.39, 0.29) is 5.41 Å². The minimum atomic E-state index is -0.0262. The molecule has 0 radical (unpaired) electrons. The average molecular weight is 297 g/mol. The highest BCUT2D eigenvalue weighted by Crippen LogP contribution is 2.41. The number of phenols is 1. The van der Waals surface area contributed by atoms with Crippen molar-refractivity contribution in [3.8, 4) is 5.75 Å². The van der Waals surface area contributed by atoms with E-state index in [1.165, 1.54) is 11.3 Å². The van der Waals surface area contributed by atoms with Crippen molar-refractivity contribution in [2.75, 3.05) is 11.9 Å². The third-order valence-corrected chi connectivity index (χ3v) is 4.02. The smallest absolute Gasteiger partial charge is 0.119 e. The van der Waals surface area contributed by atoms with Gasteiger partial charge < -0.3 is 10.0 Å². The van der Waals surface area contributed by atoms with Crippen molar-refractivity contribution < 1.29 is 5.11 Å². The van der Waals surface area contributed by atoms with E-state index in [2.05, 4.69) is 63.9 Å². The van der Waals surface area contributed by atoms with E-state index in [1.54, 1.807) is 0 Å². The van der Waals surface area contributed by atoms with Crippen LogP contribution in [0.2, 0.25) is 0 Å². The fraction of sp³-hybridized carbons (Fsp3) is 0.400. The van der Waals surface area contributed by atoms with Crippen molar-refractivity contribution in [1.29, 1.82) is 0 Å². The highest BCUT2D eigenvalue weighted by atomic mass is 16.3. The van der Waals surface area contributed by atoms with Crippen LogP contribution in [-0.4, -0.2) is 12.2 Å². The highest BCUT2D eigenvalue weighted by Gasteiger charge is 2.25. The Labute approximate surface area is 134 Å². The van der Waals surface area contributed by atoms with Crippen LogP contribution in [0, 0.1) is 0 Å². The number of hydrogen-bond donors (Lipinski definition) is 1. The topological polar surface area (TPSA) is 23.5 Å². The standard InChI is InChI=1S/C20H27NO/c1-6-10-16-18(22)14-13-17(19(16)20(2,3)4)21(5)15-11-8-7-9-12-15/h7-9,11-14,22H,6,10H2,1-5H3. The molecule has 0 atom stereocenters. The molecule has 0 saturated heterocycles. The first kappa shape index (κ1) is 16.4. The van der Waals surface area contributed by atoms with Crippen LogP contribution in [0.15, 0.2) is 42.5 Å². The van der Waals surface area contributed by atoms with Gasteiger partial charge in [-0.05, 0) is 47.2 Å². The zero-order valence-corrected chi connectivity index (χ0v) is 14.4. The number of para-hydroxylation sites is 1. The Balaban J connectivity index is 2.63. The lowest BCUT2D eigenvalue weighted by Crippen LogP contribution is -2.21. The number of anilines is 2. The van der Waals surface area contributed by atoms with Crippen LogP contribution in [0.4, 0.5) is 11.4 Å². The summed E-state index contributed by atoms with van der Waals surface area (Å²) in [5.41, 5.74) is 4.61. The molecule has 22 heavy (non-hydrogen) atoms. The fourth-order valence-electron chi connectivity index (χ4n) is 3.03. The van der Waals surface area contributed by atoms with Gasteiger partial charge in [-0.2, -0.15) is 0 Å². The molecule has 0 unspecified atom stereocenters. The summed E-state index contributed by atoms with van der Waals surface area (Å²) in [6.45, 7) is 8.79. The summed E-state index contributed by atoms with van der Waals surface area (Å²) in [5, 5.41) is 10.3. The molecule has 0 aromatic heterocycles. The van der Waals surface area contributed by atoms with Crippen LogP contribution in [0.1, 0.15) is 45.2 Å². The summed E-state index contributed by atoms with van der Waals surface area (Å²) in [4.78, 5) is 2.21. The van der Waals surface area contributed by atoms with Crippen LogP contribution >= 0.6 is 0 Å². The number of nitrogens with zero attached hydrogens (tertiary/aromatic N) is 1. The lowest BCUT2D eigenvalue weighted by atomic mass is 9.80. The molecule has 118 valence electrons. The zero-order valence-electron chi connectivity index (χ0n) is 14.4. The minimum absolute atomic E-state index is 0.0262. The molecule has 2 rings (SSSR count). The molecule has 1 N–H and O–H groups in total. The minimum Gasteiger partial charge on any atom is -0.508 e. The van der Waals surface area contributed by atoms with Crippen LogP contribution in [0.3, 0.4) is 0 Å². The normalized spacial score (nSPS) is 11.5. The Hall–Kier alpha value is -1.96. The average Bonchev–Trinajstić information content (AvgIpc) is 2.48. The van der Waals surface area contributed by atoms with Gasteiger partial charge in [0.05, 0.1) is 0 Å². The van der Waals surface area contributed by atoms with Crippen LogP contribution < -0.4 is 4.90 Å². The Morgan fingerprint density at radius 2 is 1.64 bits per heavy atom. The first-order valence-electron chi connectivity index (χ1n) is 8.00. The molecule has 0 aliphatic heterocycles. The summed E-state index contributed by atoms with van der Waals surface area (Å²) in [7, 11) is 2.09. The second-order valence-corrected chi connectivity index (χ2v) is 6.85. The number of aromatic hydroxyl groups is 1. The van der Waals surface area contributed by atoms with Crippen molar-refractivity contribution in [3.05, 3.63) is 53.6 Å². The van der Waals surface area contributed by atoms with Crippen molar-refractivity contribution in [2.45, 2.75) is 46.0 Å². The SMILES string of the molecule is CCCc1c(O)ccc(N(C)c2ccccc2)c1C(C)(C)C. The molecule has 0 heterocycles. The molecule has 0 aliphatic carbocycles. The molecular formula is C20H27NO. The number of hydrogen-bond acceptors (Lipinski definition) is 2. The van der Waals surface area contributed by atoms with E-state index in [1.807, 2.05) is 18.2 Å². The molecule has 0 saturated carbocycles. The van der Waals surface area contributed by atoms with Gasteiger partial charge in [0.15, 0.2) is 0 Å². The van der Waals surface area contributed by atoms with Crippen molar-refractivity contribution in [3.63, 3.8) is 0 Å². The first-order chi connectivity index (χ1) is 10.4. The molecule has 0 aliphatic rings. The Morgan fingerprint density at radius 3 is 2.18 bits per heavy atom. The van der Waals surface area contributed by atoms with Gasteiger partial charge in [-0.25, -0.2) is 0 Å². The quantitative estimate of drug-likeness (QED) is 0.815. The van der Waals surface area contributed by atoms with Gasteiger partial charge >= 0.3 is 0 Å². The molecule has 2 nitrogen and oxygen atoms in total. The van der Waals surface area contributed by atoms with Gasteiger partial charge in [0.1, 0.15) is 5.75 Å². The lowest BCUT2D eigenvalue weighted by molar-refractivity contribution is 0.461. The van der Waals surface area contributed by atoms with Crippen LogP contribution in [0.5, 0.6) is 5.75 Å². The molecule has 0 spiro atoms. The first-order valence-corrected chi connectivity index (χ1v) is 8.00. The van der Waals surface area contributed by atoms with E-state index in [0.29, 0.717) is 5.75 Å². The maximum atomic E-state index is 10.3. The maximum absolute atomic E-state index is 10.3. The Bertz CT molecular complexity index is 626. The van der Waals surface area contributed by atoms with Crippen LogP contribution in [0.25, 0.3) is 0 Å². The van der Waals surface area contributed by atoms with Crippen LogP contribution in [-0.2, 0) is 11.8 Å². The number of benzene rings is 2. The van der Waals surface area contributed by atoms with Gasteiger partial charge in [-0.15, -0.1) is 0 Å². The number of phenolic OH excluding ortho intramolecular Hbond substituents is 1. The zero-order chi connectivity index (χ0) is 16.3. The van der Waals surface area contributed by atoms with Crippen molar-refractivity contribution >= 4 is 11.4 Å². The molecule has 2 heteroatoms. The highest BCUT2D eigenvalue weighted by molar-refractivity contribution is 5.70. The summed E-state index contributed by atoms with van der Waals surface area (Å²) < 4.78 is 0. The van der Waals surface area contributed by atoms with E-state index < -0.39 is 0 Å². The van der Waals surface area contributed by atoms with Gasteiger partial charge in [0, 0.05) is 18.4 Å². The molecular weight excluding hydrogens is 270 g/mol. The summed E-state index contributed by atoms with van der Waals surface area (Å²) in [6, 6.07) is 14.2. The summed E-state index contributed by atoms with van der Waals surface area (Å²) in [6.07, 6.45) is 1.92. The third kappa shape index (κ3) is 3.27. The van der Waals surface area contributed by atoms with E-state index in [9.17, 15) is 5.11 Å². The largest absolute Gasteiger partial charge is 0.508 e. The Kier molecular flexibility index (Phi) is 4.80. The van der Waals surface area contributed by atoms with E-state index in [4.69, 9.17) is 0 Å². The van der Waals surface area contributed by atoms with E-state index in [0.717, 1.165) is 24.1 Å². The predicted molar refractivity (Wildman–Crippen MR) is 95.3 cm³/mol. The van der Waals surface area contributed by atoms with Gasteiger partial charge in [-0.3, -0.25) is 0 Å². The summed E-state index contributed by atoms with van der Waals surface area (Å²) >= 11 is 0. The van der Waals surface area contributed by atoms with Gasteiger partial charge in [0.25, 0.3) is 0 Å². The molecule has 0 amide bonds. The van der Waals surface area contributed by atoms with Gasteiger partial charge in [-0.1, -0.05) is 52.3 Å². The second-order valence-electron chi connectivity index (χ2n) is 6.85. The van der Waals surface area contributed by atoms with E-state index >= 15 is 0 Å². The maximum Gasteiger partial charge on any atom is 0.119 e. The molecule has 2 aromatic rings. The molecule has 2 aromatic carbocycles.